The lowest BCUT2D eigenvalue weighted by atomic mass is 10.2. The molecule has 1 saturated heterocycles. The van der Waals surface area contributed by atoms with Gasteiger partial charge in [-0.15, -0.1) is 0 Å². The summed E-state index contributed by atoms with van der Waals surface area (Å²) in [7, 11) is -1.98. The first-order valence-electron chi connectivity index (χ1n) is 5.66. The maximum absolute atomic E-state index is 11.8. The van der Waals surface area contributed by atoms with Crippen LogP contribution >= 0.6 is 0 Å². The fourth-order valence-electron chi connectivity index (χ4n) is 1.97. The van der Waals surface area contributed by atoms with Gasteiger partial charge in [-0.1, -0.05) is 12.1 Å². The van der Waals surface area contributed by atoms with E-state index in [-0.39, 0.29) is 23.1 Å². The topological polar surface area (TPSA) is 83.6 Å². The summed E-state index contributed by atoms with van der Waals surface area (Å²) in [6.45, 7) is 0. The van der Waals surface area contributed by atoms with Gasteiger partial charge in [0.15, 0.2) is 9.84 Å². The number of para-hydroxylation sites is 1. The molecule has 19 heavy (non-hydrogen) atoms. The first-order chi connectivity index (χ1) is 8.80. The van der Waals surface area contributed by atoms with Crippen LogP contribution in [-0.4, -0.2) is 44.5 Å². The van der Waals surface area contributed by atoms with Crippen molar-refractivity contribution in [2.24, 2.45) is 0 Å². The van der Waals surface area contributed by atoms with Crippen LogP contribution in [0.2, 0.25) is 0 Å². The maximum Gasteiger partial charge on any atom is 0.251 e. The Morgan fingerprint density at radius 2 is 1.89 bits per heavy atom. The number of hydrogen-bond donors (Lipinski definition) is 1. The van der Waals surface area contributed by atoms with E-state index in [9.17, 15) is 18.0 Å². The second kappa shape index (κ2) is 4.65. The molecule has 0 radical (unpaired) electrons. The Kier molecular flexibility index (Phi) is 3.32. The zero-order valence-corrected chi connectivity index (χ0v) is 11.4. The first-order valence-corrected chi connectivity index (χ1v) is 7.56. The zero-order valence-electron chi connectivity index (χ0n) is 10.6. The molecule has 1 heterocycles. The van der Waals surface area contributed by atoms with Gasteiger partial charge < -0.3 is 5.32 Å². The summed E-state index contributed by atoms with van der Waals surface area (Å²) < 4.78 is 23.3. The highest BCUT2D eigenvalue weighted by molar-refractivity contribution is 7.90. The molecule has 1 aliphatic heterocycles. The molecule has 2 rings (SSSR count). The van der Waals surface area contributed by atoms with E-state index >= 15 is 0 Å². The van der Waals surface area contributed by atoms with E-state index < -0.39 is 15.9 Å². The Balaban J connectivity index is 2.31. The van der Waals surface area contributed by atoms with Crippen LogP contribution in [0.1, 0.15) is 6.42 Å². The number of benzene rings is 1. The van der Waals surface area contributed by atoms with Crippen LogP contribution in [0.25, 0.3) is 0 Å². The minimum absolute atomic E-state index is 0.0351. The summed E-state index contributed by atoms with van der Waals surface area (Å²) in [5.74, 6) is -0.632. The quantitative estimate of drug-likeness (QED) is 0.804. The minimum Gasteiger partial charge on any atom is -0.372 e. The minimum atomic E-state index is -3.39. The second-order valence-corrected chi connectivity index (χ2v) is 6.44. The predicted molar refractivity (Wildman–Crippen MR) is 69.4 cm³/mol. The van der Waals surface area contributed by atoms with Gasteiger partial charge in [-0.25, -0.2) is 8.42 Å². The standard InChI is InChI=1S/C12H14N2O4S/c1-14-11(15)7-9(12(14)16)13-8-5-3-4-6-10(8)19(2,17)18/h3-6,9,13H,7H2,1-2H3. The summed E-state index contributed by atoms with van der Waals surface area (Å²) in [6.07, 6.45) is 1.13. The van der Waals surface area contributed by atoms with Crippen LogP contribution in [0.4, 0.5) is 5.69 Å². The molecule has 1 aliphatic rings. The number of anilines is 1. The molecule has 1 aromatic rings. The van der Waals surface area contributed by atoms with E-state index in [1.165, 1.54) is 13.1 Å². The summed E-state index contributed by atoms with van der Waals surface area (Å²) in [5.41, 5.74) is 0.339. The number of rotatable bonds is 3. The molecular formula is C12H14N2O4S. The SMILES string of the molecule is CN1C(=O)CC(Nc2ccccc2S(C)(=O)=O)C1=O. The summed E-state index contributed by atoms with van der Waals surface area (Å²) in [6, 6.07) is 5.60. The largest absolute Gasteiger partial charge is 0.372 e. The number of likely N-dealkylation sites (N-methyl/N-ethyl adjacent to an activating group) is 1. The van der Waals surface area contributed by atoms with E-state index in [4.69, 9.17) is 0 Å². The van der Waals surface area contributed by atoms with Crippen molar-refractivity contribution < 1.29 is 18.0 Å². The molecule has 6 nitrogen and oxygen atoms in total. The molecule has 1 fully saturated rings. The van der Waals surface area contributed by atoms with Gasteiger partial charge in [-0.2, -0.15) is 0 Å². The lowest BCUT2D eigenvalue weighted by Gasteiger charge is -2.15. The number of nitrogens with zero attached hydrogens (tertiary/aromatic N) is 1. The fraction of sp³-hybridized carbons (Fsp3) is 0.333. The van der Waals surface area contributed by atoms with Crippen LogP contribution < -0.4 is 5.32 Å². The molecule has 0 aliphatic carbocycles. The highest BCUT2D eigenvalue weighted by atomic mass is 32.2. The summed E-state index contributed by atoms with van der Waals surface area (Å²) >= 11 is 0. The molecule has 1 N–H and O–H groups in total. The lowest BCUT2D eigenvalue weighted by molar-refractivity contribution is -0.136. The molecule has 102 valence electrons. The molecule has 1 atom stereocenters. The lowest BCUT2D eigenvalue weighted by Crippen LogP contribution is -2.32. The average Bonchev–Trinajstić information content (AvgIpc) is 2.56. The van der Waals surface area contributed by atoms with Crippen molar-refractivity contribution in [3.05, 3.63) is 24.3 Å². The molecule has 2 amide bonds. The number of nitrogens with one attached hydrogen (secondary N) is 1. The third-order valence-corrected chi connectivity index (χ3v) is 4.15. The number of sulfone groups is 1. The van der Waals surface area contributed by atoms with E-state index in [0.717, 1.165) is 11.2 Å². The van der Waals surface area contributed by atoms with Crippen molar-refractivity contribution in [3.63, 3.8) is 0 Å². The number of carbonyl (C=O) groups is 2. The smallest absolute Gasteiger partial charge is 0.251 e. The molecule has 0 spiro atoms. The van der Waals surface area contributed by atoms with Crippen molar-refractivity contribution in [1.29, 1.82) is 0 Å². The number of hydrogen-bond acceptors (Lipinski definition) is 5. The monoisotopic (exact) mass is 282 g/mol. The van der Waals surface area contributed by atoms with Gasteiger partial charge in [-0.3, -0.25) is 14.5 Å². The third kappa shape index (κ3) is 2.60. The molecule has 0 saturated carbocycles. The van der Waals surface area contributed by atoms with Crippen molar-refractivity contribution >= 4 is 27.3 Å². The van der Waals surface area contributed by atoms with Gasteiger partial charge in [0.2, 0.25) is 5.91 Å². The number of amides is 2. The first kappa shape index (κ1) is 13.5. The van der Waals surface area contributed by atoms with Crippen LogP contribution in [0, 0.1) is 0 Å². The van der Waals surface area contributed by atoms with Crippen LogP contribution in [0.3, 0.4) is 0 Å². The highest BCUT2D eigenvalue weighted by Gasteiger charge is 2.36. The Morgan fingerprint density at radius 3 is 2.42 bits per heavy atom. The zero-order chi connectivity index (χ0) is 14.2. The van der Waals surface area contributed by atoms with E-state index in [1.54, 1.807) is 18.2 Å². The highest BCUT2D eigenvalue weighted by Crippen LogP contribution is 2.24. The number of likely N-dealkylation sites (tertiary alicyclic amines) is 1. The third-order valence-electron chi connectivity index (χ3n) is 3.00. The van der Waals surface area contributed by atoms with Crippen molar-refractivity contribution in [3.8, 4) is 0 Å². The maximum atomic E-state index is 11.8. The average molecular weight is 282 g/mol. The molecule has 1 unspecified atom stereocenters. The number of carbonyl (C=O) groups excluding carboxylic acids is 2. The Bertz CT molecular complexity index is 639. The van der Waals surface area contributed by atoms with Crippen LogP contribution in [0.5, 0.6) is 0 Å². The normalized spacial score (nSPS) is 19.9. The molecule has 0 aromatic heterocycles. The molecule has 1 aromatic carbocycles. The molecular weight excluding hydrogens is 268 g/mol. The van der Waals surface area contributed by atoms with Crippen LogP contribution in [0.15, 0.2) is 29.2 Å². The van der Waals surface area contributed by atoms with Crippen molar-refractivity contribution in [2.45, 2.75) is 17.4 Å². The predicted octanol–water partition coefficient (Wildman–Crippen LogP) is 0.259. The fourth-order valence-corrected chi connectivity index (χ4v) is 2.82. The Morgan fingerprint density at radius 1 is 1.26 bits per heavy atom. The van der Waals surface area contributed by atoms with Gasteiger partial charge in [0.25, 0.3) is 5.91 Å². The molecule has 0 bridgehead atoms. The summed E-state index contributed by atoms with van der Waals surface area (Å²) in [4.78, 5) is 24.3. The van der Waals surface area contributed by atoms with E-state index in [1.807, 2.05) is 0 Å². The van der Waals surface area contributed by atoms with E-state index in [0.29, 0.717) is 5.69 Å². The Labute approximate surface area is 111 Å². The van der Waals surface area contributed by atoms with Crippen molar-refractivity contribution in [2.75, 3.05) is 18.6 Å². The second-order valence-electron chi connectivity index (χ2n) is 4.46. The van der Waals surface area contributed by atoms with E-state index in [2.05, 4.69) is 5.32 Å². The van der Waals surface area contributed by atoms with Crippen LogP contribution in [-0.2, 0) is 19.4 Å². The van der Waals surface area contributed by atoms with Gasteiger partial charge in [0.1, 0.15) is 6.04 Å². The Hall–Kier alpha value is -1.89. The molecule has 7 heteroatoms. The van der Waals surface area contributed by atoms with Gasteiger partial charge in [0.05, 0.1) is 17.0 Å². The van der Waals surface area contributed by atoms with Gasteiger partial charge in [0, 0.05) is 13.3 Å². The summed E-state index contributed by atoms with van der Waals surface area (Å²) in [5, 5.41) is 2.84. The van der Waals surface area contributed by atoms with Crippen molar-refractivity contribution in [1.82, 2.24) is 4.90 Å². The van der Waals surface area contributed by atoms with Gasteiger partial charge in [-0.05, 0) is 12.1 Å². The number of imide groups is 1. The van der Waals surface area contributed by atoms with Gasteiger partial charge >= 0.3 is 0 Å².